The highest BCUT2D eigenvalue weighted by molar-refractivity contribution is 7.98. The Labute approximate surface area is 133 Å². The largest absolute Gasteiger partial charge is 0.392 e. The number of hydrogen-bond acceptors (Lipinski definition) is 4. The summed E-state index contributed by atoms with van der Waals surface area (Å²) >= 11 is 13.5. The predicted octanol–water partition coefficient (Wildman–Crippen LogP) is 2.91. The Morgan fingerprint density at radius 3 is 2.60 bits per heavy atom. The van der Waals surface area contributed by atoms with Gasteiger partial charge >= 0.3 is 0 Å². The van der Waals surface area contributed by atoms with Crippen LogP contribution in [0.3, 0.4) is 0 Å². The number of nitrogens with one attached hydrogen (secondary N) is 1. The lowest BCUT2D eigenvalue weighted by Crippen LogP contribution is -2.33. The molecule has 1 atom stereocenters. The molecule has 0 aliphatic carbocycles. The zero-order chi connectivity index (χ0) is 15.3. The summed E-state index contributed by atoms with van der Waals surface area (Å²) in [7, 11) is -3.73. The van der Waals surface area contributed by atoms with E-state index in [1.165, 1.54) is 12.1 Å². The van der Waals surface area contributed by atoms with Crippen LogP contribution in [0.4, 0.5) is 0 Å². The van der Waals surface area contributed by atoms with E-state index >= 15 is 0 Å². The Balaban J connectivity index is 3.04. The SMILES string of the molecule is CSCCC(C)NS(=O)(=O)c1ccc(Cl)c(CO)c1Cl. The van der Waals surface area contributed by atoms with Crippen LogP contribution in [0.25, 0.3) is 0 Å². The number of rotatable bonds is 7. The summed E-state index contributed by atoms with van der Waals surface area (Å²) in [6.45, 7) is 1.38. The highest BCUT2D eigenvalue weighted by Gasteiger charge is 2.23. The fourth-order valence-corrected chi connectivity index (χ4v) is 4.38. The van der Waals surface area contributed by atoms with Crippen molar-refractivity contribution >= 4 is 45.0 Å². The molecule has 0 radical (unpaired) electrons. The maximum absolute atomic E-state index is 12.3. The summed E-state index contributed by atoms with van der Waals surface area (Å²) in [4.78, 5) is -0.0661. The van der Waals surface area contributed by atoms with Crippen molar-refractivity contribution in [1.82, 2.24) is 4.72 Å². The van der Waals surface area contributed by atoms with Gasteiger partial charge < -0.3 is 5.11 Å². The first-order chi connectivity index (χ1) is 9.33. The molecule has 0 aliphatic rings. The van der Waals surface area contributed by atoms with E-state index in [2.05, 4.69) is 4.72 Å². The van der Waals surface area contributed by atoms with Crippen molar-refractivity contribution in [2.24, 2.45) is 0 Å². The third-order valence-corrected chi connectivity index (χ3v) is 5.88. The normalized spacial score (nSPS) is 13.4. The average Bonchev–Trinajstić information content (AvgIpc) is 2.36. The predicted molar refractivity (Wildman–Crippen MR) is 85.2 cm³/mol. The van der Waals surface area contributed by atoms with Gasteiger partial charge in [-0.25, -0.2) is 13.1 Å². The van der Waals surface area contributed by atoms with Gasteiger partial charge in [0.15, 0.2) is 0 Å². The molecule has 0 heterocycles. The monoisotopic (exact) mass is 357 g/mol. The van der Waals surface area contributed by atoms with E-state index in [-0.39, 0.29) is 26.5 Å². The zero-order valence-electron chi connectivity index (χ0n) is 11.2. The molecular formula is C12H17Cl2NO3S2. The summed E-state index contributed by atoms with van der Waals surface area (Å²) in [5, 5.41) is 9.41. The van der Waals surface area contributed by atoms with Gasteiger partial charge in [0.05, 0.1) is 11.6 Å². The van der Waals surface area contributed by atoms with Gasteiger partial charge in [-0.05, 0) is 37.5 Å². The molecule has 0 saturated carbocycles. The Morgan fingerprint density at radius 1 is 1.40 bits per heavy atom. The summed E-state index contributed by atoms with van der Waals surface area (Å²) < 4.78 is 27.1. The van der Waals surface area contributed by atoms with Crippen LogP contribution in [0.2, 0.25) is 10.0 Å². The van der Waals surface area contributed by atoms with Crippen LogP contribution in [0.5, 0.6) is 0 Å². The summed E-state index contributed by atoms with van der Waals surface area (Å²) in [5.74, 6) is 0.861. The second-order valence-corrected chi connectivity index (χ2v) is 7.75. The molecular weight excluding hydrogens is 341 g/mol. The minimum atomic E-state index is -3.73. The molecule has 0 aromatic heterocycles. The molecule has 0 spiro atoms. The molecule has 1 aromatic carbocycles. The van der Waals surface area contributed by atoms with Gasteiger partial charge in [-0.15, -0.1) is 0 Å². The fourth-order valence-electron chi connectivity index (χ4n) is 1.61. The summed E-state index contributed by atoms with van der Waals surface area (Å²) in [6, 6.07) is 2.56. The molecule has 0 saturated heterocycles. The number of benzene rings is 1. The molecule has 4 nitrogen and oxygen atoms in total. The number of halogens is 2. The van der Waals surface area contributed by atoms with E-state index in [0.717, 1.165) is 12.2 Å². The van der Waals surface area contributed by atoms with Gasteiger partial charge in [0, 0.05) is 16.6 Å². The van der Waals surface area contributed by atoms with Crippen molar-refractivity contribution in [3.63, 3.8) is 0 Å². The molecule has 20 heavy (non-hydrogen) atoms. The molecule has 1 aromatic rings. The van der Waals surface area contributed by atoms with E-state index < -0.39 is 16.6 Å². The van der Waals surface area contributed by atoms with E-state index in [1.54, 1.807) is 18.7 Å². The molecule has 0 aliphatic heterocycles. The highest BCUT2D eigenvalue weighted by Crippen LogP contribution is 2.31. The van der Waals surface area contributed by atoms with Crippen molar-refractivity contribution in [3.05, 3.63) is 27.7 Å². The van der Waals surface area contributed by atoms with Crippen molar-refractivity contribution in [1.29, 1.82) is 0 Å². The lowest BCUT2D eigenvalue weighted by Gasteiger charge is -2.16. The van der Waals surface area contributed by atoms with Gasteiger partial charge in [0.1, 0.15) is 4.90 Å². The minimum Gasteiger partial charge on any atom is -0.392 e. The van der Waals surface area contributed by atoms with E-state index in [4.69, 9.17) is 23.2 Å². The third kappa shape index (κ3) is 4.51. The smallest absolute Gasteiger partial charge is 0.242 e. The summed E-state index contributed by atoms with van der Waals surface area (Å²) in [6.07, 6.45) is 2.68. The Bertz CT molecular complexity index is 564. The maximum atomic E-state index is 12.3. The molecule has 1 rings (SSSR count). The van der Waals surface area contributed by atoms with E-state index in [1.807, 2.05) is 6.26 Å². The van der Waals surface area contributed by atoms with Gasteiger partial charge in [-0.2, -0.15) is 11.8 Å². The second-order valence-electron chi connectivity index (χ2n) is 4.30. The van der Waals surface area contributed by atoms with Crippen molar-refractivity contribution in [2.45, 2.75) is 30.9 Å². The van der Waals surface area contributed by atoms with Crippen LogP contribution < -0.4 is 4.72 Å². The summed E-state index contributed by atoms with van der Waals surface area (Å²) in [5.41, 5.74) is 0.216. The van der Waals surface area contributed by atoms with Crippen molar-refractivity contribution in [2.75, 3.05) is 12.0 Å². The first-order valence-corrected chi connectivity index (χ1v) is 9.55. The third-order valence-electron chi connectivity index (χ3n) is 2.71. The maximum Gasteiger partial charge on any atom is 0.242 e. The topological polar surface area (TPSA) is 66.4 Å². The molecule has 1 unspecified atom stereocenters. The van der Waals surface area contributed by atoms with Crippen LogP contribution in [0, 0.1) is 0 Å². The first kappa shape index (κ1) is 18.1. The van der Waals surface area contributed by atoms with Gasteiger partial charge in [0.25, 0.3) is 0 Å². The van der Waals surface area contributed by atoms with E-state index in [0.29, 0.717) is 0 Å². The standard InChI is InChI=1S/C12H17Cl2NO3S2/c1-8(5-6-19-2)15-20(17,18)11-4-3-10(13)9(7-16)12(11)14/h3-4,8,15-16H,5-7H2,1-2H3. The van der Waals surface area contributed by atoms with Crippen LogP contribution in [-0.2, 0) is 16.6 Å². The van der Waals surface area contributed by atoms with Gasteiger partial charge in [-0.1, -0.05) is 23.2 Å². The molecule has 0 bridgehead atoms. The lowest BCUT2D eigenvalue weighted by molar-refractivity contribution is 0.281. The van der Waals surface area contributed by atoms with Crippen LogP contribution in [-0.4, -0.2) is 31.6 Å². The fraction of sp³-hybridized carbons (Fsp3) is 0.500. The number of aliphatic hydroxyl groups is 1. The van der Waals surface area contributed by atoms with Crippen molar-refractivity contribution in [3.8, 4) is 0 Å². The Hall–Kier alpha value is 0.0200. The molecule has 8 heteroatoms. The molecule has 2 N–H and O–H groups in total. The van der Waals surface area contributed by atoms with Gasteiger partial charge in [0.2, 0.25) is 10.0 Å². The molecule has 114 valence electrons. The quantitative estimate of drug-likeness (QED) is 0.787. The Kier molecular flexibility index (Phi) is 7.11. The Morgan fingerprint density at radius 2 is 2.05 bits per heavy atom. The number of sulfonamides is 1. The zero-order valence-corrected chi connectivity index (χ0v) is 14.3. The molecule has 0 amide bonds. The first-order valence-electron chi connectivity index (χ1n) is 5.92. The number of thioether (sulfide) groups is 1. The van der Waals surface area contributed by atoms with Gasteiger partial charge in [-0.3, -0.25) is 0 Å². The highest BCUT2D eigenvalue weighted by atomic mass is 35.5. The minimum absolute atomic E-state index is 0.0374. The van der Waals surface area contributed by atoms with E-state index in [9.17, 15) is 13.5 Å². The number of aliphatic hydroxyl groups excluding tert-OH is 1. The van der Waals surface area contributed by atoms with Crippen LogP contribution >= 0.6 is 35.0 Å². The second kappa shape index (κ2) is 7.87. The number of hydrogen-bond donors (Lipinski definition) is 2. The van der Waals surface area contributed by atoms with Crippen molar-refractivity contribution < 1.29 is 13.5 Å². The average molecular weight is 358 g/mol. The lowest BCUT2D eigenvalue weighted by atomic mass is 10.2. The van der Waals surface area contributed by atoms with Crippen LogP contribution in [0.1, 0.15) is 18.9 Å². The van der Waals surface area contributed by atoms with Crippen LogP contribution in [0.15, 0.2) is 17.0 Å². The molecule has 0 fully saturated rings.